The molecule has 1 aliphatic heterocycles. The van der Waals surface area contributed by atoms with Crippen molar-refractivity contribution in [2.24, 2.45) is 0 Å². The van der Waals surface area contributed by atoms with Crippen LogP contribution in [0.25, 0.3) is 0 Å². The van der Waals surface area contributed by atoms with Crippen LogP contribution < -0.4 is 0 Å². The first-order valence-corrected chi connectivity index (χ1v) is 12.0. The highest BCUT2D eigenvalue weighted by molar-refractivity contribution is 5.92. The zero-order valence-corrected chi connectivity index (χ0v) is 23.8. The van der Waals surface area contributed by atoms with Crippen LogP contribution in [0.2, 0.25) is 0 Å². The van der Waals surface area contributed by atoms with Crippen molar-refractivity contribution >= 4 is 41.8 Å². The van der Waals surface area contributed by atoms with Gasteiger partial charge in [-0.3, -0.25) is 24.0 Å². The van der Waals surface area contributed by atoms with Crippen LogP contribution in [0.15, 0.2) is 11.8 Å². The number of nitrogens with zero attached hydrogens (tertiary/aromatic N) is 1. The van der Waals surface area contributed by atoms with Crippen LogP contribution >= 0.6 is 0 Å². The zero-order chi connectivity index (χ0) is 30.9. The highest BCUT2D eigenvalue weighted by Crippen LogP contribution is 2.32. The Morgan fingerprint density at radius 1 is 0.900 bits per heavy atom. The summed E-state index contributed by atoms with van der Waals surface area (Å²) in [6, 6.07) is -1.66. The van der Waals surface area contributed by atoms with E-state index in [2.05, 4.69) is 0 Å². The molecule has 40 heavy (non-hydrogen) atoms. The standard InChI is InChI=1S/C25H35NO14/c1-12(27)26(24(33)40-25(6,7)8)20-17(36-14(3)29)10-18(23(32)34-9)39-22(20)21(38-16(5)31)19(37-15(4)30)11-35-13(2)28/h10,17,19-22H,11H2,1-9H3/t17-,19+,20+,21-,22+/m0/s1. The smallest absolute Gasteiger partial charge is 0.417 e. The topological polar surface area (TPSA) is 187 Å². The molecule has 0 radical (unpaired) electrons. The molecule has 0 bridgehead atoms. The number of hydrogen-bond acceptors (Lipinski definition) is 14. The largest absolute Gasteiger partial charge is 0.477 e. The molecule has 0 aliphatic carbocycles. The van der Waals surface area contributed by atoms with Crippen LogP contribution in [0.4, 0.5) is 4.79 Å². The van der Waals surface area contributed by atoms with Crippen molar-refractivity contribution in [3.05, 3.63) is 11.8 Å². The minimum atomic E-state index is -1.76. The van der Waals surface area contributed by atoms with Gasteiger partial charge in [0.05, 0.1) is 7.11 Å². The second-order valence-electron chi connectivity index (χ2n) is 9.56. The summed E-state index contributed by atoms with van der Waals surface area (Å²) in [7, 11) is 1.03. The van der Waals surface area contributed by atoms with Crippen LogP contribution in [-0.2, 0) is 61.9 Å². The first kappa shape index (κ1) is 33.9. The van der Waals surface area contributed by atoms with E-state index in [1.807, 2.05) is 0 Å². The molecule has 224 valence electrons. The van der Waals surface area contributed by atoms with Gasteiger partial charge in [0.1, 0.15) is 24.4 Å². The van der Waals surface area contributed by atoms with E-state index < -0.39 is 90.3 Å². The maximum atomic E-state index is 13.3. The van der Waals surface area contributed by atoms with Gasteiger partial charge in [-0.05, 0) is 20.8 Å². The van der Waals surface area contributed by atoms with Crippen molar-refractivity contribution in [2.75, 3.05) is 13.7 Å². The number of amides is 2. The van der Waals surface area contributed by atoms with Crippen molar-refractivity contribution < 1.29 is 66.7 Å². The average Bonchev–Trinajstić information content (AvgIpc) is 2.78. The molecule has 15 heteroatoms. The highest BCUT2D eigenvalue weighted by Gasteiger charge is 2.53. The molecule has 0 N–H and O–H groups in total. The molecule has 1 aliphatic rings. The third-order valence-corrected chi connectivity index (χ3v) is 4.93. The molecule has 0 saturated carbocycles. The molecule has 0 unspecified atom stereocenters. The fourth-order valence-electron chi connectivity index (χ4n) is 3.68. The molecule has 1 rings (SSSR count). The van der Waals surface area contributed by atoms with Crippen molar-refractivity contribution in [3.63, 3.8) is 0 Å². The number of imide groups is 1. The third-order valence-electron chi connectivity index (χ3n) is 4.93. The number of ether oxygens (including phenoxy) is 7. The number of carbonyl (C=O) groups excluding carboxylic acids is 7. The van der Waals surface area contributed by atoms with Crippen molar-refractivity contribution in [1.29, 1.82) is 0 Å². The second kappa shape index (κ2) is 14.3. The van der Waals surface area contributed by atoms with Gasteiger partial charge in [-0.2, -0.15) is 0 Å². The fraction of sp³-hybridized carbons (Fsp3) is 0.640. The molecule has 0 aromatic carbocycles. The number of methoxy groups -OCH3 is 1. The lowest BCUT2D eigenvalue weighted by Crippen LogP contribution is -2.64. The first-order valence-electron chi connectivity index (χ1n) is 12.0. The maximum absolute atomic E-state index is 13.3. The molecule has 0 aromatic heterocycles. The fourth-order valence-corrected chi connectivity index (χ4v) is 3.68. The second-order valence-corrected chi connectivity index (χ2v) is 9.56. The summed E-state index contributed by atoms with van der Waals surface area (Å²) in [4.78, 5) is 87.0. The summed E-state index contributed by atoms with van der Waals surface area (Å²) in [5.41, 5.74) is -1.09. The summed E-state index contributed by atoms with van der Waals surface area (Å²) in [5.74, 6) is -6.02. The quantitative estimate of drug-likeness (QED) is 0.280. The molecule has 5 atom stereocenters. The Balaban J connectivity index is 3.97. The third kappa shape index (κ3) is 10.2. The lowest BCUT2D eigenvalue weighted by Gasteiger charge is -2.44. The van der Waals surface area contributed by atoms with Gasteiger partial charge in [-0.25, -0.2) is 14.5 Å². The molecule has 0 spiro atoms. The number of carbonyl (C=O) groups is 7. The monoisotopic (exact) mass is 573 g/mol. The predicted molar refractivity (Wildman–Crippen MR) is 131 cm³/mol. The molecule has 15 nitrogen and oxygen atoms in total. The SMILES string of the molecule is COC(=O)C1=C[C@H](OC(C)=O)[C@@H](N(C(C)=O)C(=O)OC(C)(C)C)[C@H]([C@@H](OC(C)=O)[C@@H](COC(C)=O)OC(C)=O)O1. The lowest BCUT2D eigenvalue weighted by atomic mass is 9.92. The summed E-state index contributed by atoms with van der Waals surface area (Å²) < 4.78 is 36.8. The predicted octanol–water partition coefficient (Wildman–Crippen LogP) is 0.953. The number of esters is 5. The van der Waals surface area contributed by atoms with Crippen molar-refractivity contribution in [1.82, 2.24) is 4.90 Å². The van der Waals surface area contributed by atoms with E-state index in [-0.39, 0.29) is 0 Å². The van der Waals surface area contributed by atoms with E-state index in [1.165, 1.54) is 20.8 Å². The van der Waals surface area contributed by atoms with E-state index in [4.69, 9.17) is 33.2 Å². The summed E-state index contributed by atoms with van der Waals surface area (Å²) >= 11 is 0. The van der Waals surface area contributed by atoms with Gasteiger partial charge in [0.2, 0.25) is 11.7 Å². The van der Waals surface area contributed by atoms with Crippen LogP contribution in [0.3, 0.4) is 0 Å². The summed E-state index contributed by atoms with van der Waals surface area (Å²) in [6.07, 6.45) is -6.87. The van der Waals surface area contributed by atoms with Crippen LogP contribution in [-0.4, -0.2) is 96.5 Å². The molecule has 2 amide bonds. The normalized spacial score (nSPS) is 19.8. The number of hydrogen-bond donors (Lipinski definition) is 0. The van der Waals surface area contributed by atoms with Gasteiger partial charge in [0.15, 0.2) is 18.3 Å². The lowest BCUT2D eigenvalue weighted by molar-refractivity contribution is -0.197. The first-order chi connectivity index (χ1) is 18.4. The highest BCUT2D eigenvalue weighted by atomic mass is 16.6. The van der Waals surface area contributed by atoms with Gasteiger partial charge in [0, 0.05) is 40.7 Å². The average molecular weight is 574 g/mol. The van der Waals surface area contributed by atoms with E-state index in [9.17, 15) is 33.6 Å². The van der Waals surface area contributed by atoms with E-state index in [1.54, 1.807) is 0 Å². The number of rotatable bonds is 9. The van der Waals surface area contributed by atoms with E-state index in [0.29, 0.717) is 4.90 Å². The van der Waals surface area contributed by atoms with Crippen molar-refractivity contribution in [3.8, 4) is 0 Å². The zero-order valence-electron chi connectivity index (χ0n) is 23.8. The molecule has 0 fully saturated rings. The minimum Gasteiger partial charge on any atom is -0.477 e. The van der Waals surface area contributed by atoms with Gasteiger partial charge < -0.3 is 33.2 Å². The molecule has 1 heterocycles. The Kier molecular flexibility index (Phi) is 12.1. The molecule has 0 saturated heterocycles. The molecular formula is C25H35NO14. The Morgan fingerprint density at radius 3 is 1.90 bits per heavy atom. The van der Waals surface area contributed by atoms with Gasteiger partial charge in [-0.1, -0.05) is 0 Å². The van der Waals surface area contributed by atoms with Gasteiger partial charge in [0.25, 0.3) is 0 Å². The molecular weight excluding hydrogens is 538 g/mol. The van der Waals surface area contributed by atoms with Crippen LogP contribution in [0, 0.1) is 0 Å². The van der Waals surface area contributed by atoms with Crippen LogP contribution in [0.1, 0.15) is 55.4 Å². The Hall–Kier alpha value is -4.17. The van der Waals surface area contributed by atoms with Crippen LogP contribution in [0.5, 0.6) is 0 Å². The Bertz CT molecular complexity index is 1040. The van der Waals surface area contributed by atoms with Crippen molar-refractivity contribution in [2.45, 2.75) is 91.4 Å². The van der Waals surface area contributed by atoms with Gasteiger partial charge >= 0.3 is 35.9 Å². The summed E-state index contributed by atoms with van der Waals surface area (Å²) in [5, 5.41) is 0. The van der Waals surface area contributed by atoms with Gasteiger partial charge in [-0.15, -0.1) is 0 Å². The molecule has 0 aromatic rings. The van der Waals surface area contributed by atoms with E-state index in [0.717, 1.165) is 47.8 Å². The maximum Gasteiger partial charge on any atom is 0.417 e. The Labute approximate surface area is 230 Å². The van der Waals surface area contributed by atoms with E-state index >= 15 is 0 Å². The Morgan fingerprint density at radius 2 is 1.48 bits per heavy atom. The summed E-state index contributed by atoms with van der Waals surface area (Å²) in [6.45, 7) is 9.08. The minimum absolute atomic E-state index is 0.547.